The van der Waals surface area contributed by atoms with Gasteiger partial charge in [-0.3, -0.25) is 0 Å². The van der Waals surface area contributed by atoms with Crippen LogP contribution in [0.5, 0.6) is 0 Å². The van der Waals surface area contributed by atoms with Gasteiger partial charge in [-0.25, -0.2) is 0 Å². The van der Waals surface area contributed by atoms with Crippen LogP contribution in [0.15, 0.2) is 24.3 Å². The van der Waals surface area contributed by atoms with E-state index in [1.165, 1.54) is 11.3 Å². The molecule has 0 spiro atoms. The average molecular weight is 177 g/mol. The summed E-state index contributed by atoms with van der Waals surface area (Å²) in [6.07, 6.45) is 1.11. The zero-order valence-electron chi connectivity index (χ0n) is 7.90. The zero-order valence-corrected chi connectivity index (χ0v) is 7.90. The number of hydrogen-bond donors (Lipinski definition) is 1. The second-order valence-electron chi connectivity index (χ2n) is 3.60. The number of para-hydroxylation sites is 1. The van der Waals surface area contributed by atoms with Crippen LogP contribution in [0.2, 0.25) is 0 Å². The summed E-state index contributed by atoms with van der Waals surface area (Å²) in [7, 11) is 0. The third-order valence-electron chi connectivity index (χ3n) is 2.72. The first kappa shape index (κ1) is 8.57. The number of aliphatic hydroxyl groups is 1. The summed E-state index contributed by atoms with van der Waals surface area (Å²) in [5.41, 5.74) is 2.70. The molecule has 2 rings (SSSR count). The minimum absolute atomic E-state index is 0.230. The van der Waals surface area contributed by atoms with Gasteiger partial charge in [0.15, 0.2) is 0 Å². The van der Waals surface area contributed by atoms with Crippen molar-refractivity contribution in [3.05, 3.63) is 29.8 Å². The Balaban J connectivity index is 2.28. The second kappa shape index (κ2) is 3.38. The van der Waals surface area contributed by atoms with Crippen molar-refractivity contribution >= 4 is 5.69 Å². The van der Waals surface area contributed by atoms with Crippen molar-refractivity contribution in [2.75, 3.05) is 18.1 Å². The number of nitrogens with zero attached hydrogens (tertiary/aromatic N) is 1. The third kappa shape index (κ3) is 1.42. The van der Waals surface area contributed by atoms with Crippen molar-refractivity contribution in [3.63, 3.8) is 0 Å². The van der Waals surface area contributed by atoms with Crippen molar-refractivity contribution in [3.8, 4) is 0 Å². The van der Waals surface area contributed by atoms with E-state index in [4.69, 9.17) is 5.11 Å². The molecule has 70 valence electrons. The molecule has 1 N–H and O–H groups in total. The van der Waals surface area contributed by atoms with Gasteiger partial charge in [-0.2, -0.15) is 0 Å². The van der Waals surface area contributed by atoms with Gasteiger partial charge in [0.1, 0.15) is 0 Å². The molecule has 1 atom stereocenters. The topological polar surface area (TPSA) is 23.5 Å². The van der Waals surface area contributed by atoms with Crippen LogP contribution in [0.25, 0.3) is 0 Å². The van der Waals surface area contributed by atoms with E-state index in [-0.39, 0.29) is 12.6 Å². The smallest absolute Gasteiger partial charge is 0.0632 e. The molecule has 1 aliphatic heterocycles. The van der Waals surface area contributed by atoms with E-state index in [2.05, 4.69) is 36.1 Å². The largest absolute Gasteiger partial charge is 0.394 e. The fraction of sp³-hybridized carbons (Fsp3) is 0.455. The van der Waals surface area contributed by atoms with Crippen LogP contribution in [0.1, 0.15) is 12.5 Å². The molecule has 0 aliphatic carbocycles. The van der Waals surface area contributed by atoms with Crippen molar-refractivity contribution in [1.82, 2.24) is 0 Å². The van der Waals surface area contributed by atoms with Gasteiger partial charge in [0.25, 0.3) is 0 Å². The van der Waals surface area contributed by atoms with Crippen molar-refractivity contribution in [1.29, 1.82) is 0 Å². The summed E-state index contributed by atoms with van der Waals surface area (Å²) in [5, 5.41) is 9.08. The lowest BCUT2D eigenvalue weighted by atomic mass is 10.2. The lowest BCUT2D eigenvalue weighted by molar-refractivity contribution is 0.268. The Bertz CT molecular complexity index is 298. The van der Waals surface area contributed by atoms with Crippen LogP contribution in [0.4, 0.5) is 5.69 Å². The summed E-state index contributed by atoms with van der Waals surface area (Å²) in [6, 6.07) is 8.67. The van der Waals surface area contributed by atoms with Crippen LogP contribution in [-0.4, -0.2) is 24.3 Å². The van der Waals surface area contributed by atoms with Crippen LogP contribution < -0.4 is 4.90 Å². The van der Waals surface area contributed by atoms with E-state index < -0.39 is 0 Å². The predicted octanol–water partition coefficient (Wildman–Crippen LogP) is 1.43. The predicted molar refractivity (Wildman–Crippen MR) is 54.0 cm³/mol. The van der Waals surface area contributed by atoms with Crippen molar-refractivity contribution in [2.24, 2.45) is 0 Å². The molecule has 2 heteroatoms. The van der Waals surface area contributed by atoms with Gasteiger partial charge in [-0.1, -0.05) is 18.2 Å². The highest BCUT2D eigenvalue weighted by Gasteiger charge is 2.21. The van der Waals surface area contributed by atoms with Crippen LogP contribution >= 0.6 is 0 Å². The van der Waals surface area contributed by atoms with E-state index in [9.17, 15) is 0 Å². The Morgan fingerprint density at radius 2 is 2.23 bits per heavy atom. The van der Waals surface area contributed by atoms with Crippen LogP contribution in [-0.2, 0) is 6.42 Å². The molecule has 2 nitrogen and oxygen atoms in total. The molecule has 1 heterocycles. The second-order valence-corrected chi connectivity index (χ2v) is 3.60. The van der Waals surface area contributed by atoms with Gasteiger partial charge in [-0.05, 0) is 25.0 Å². The fourth-order valence-corrected chi connectivity index (χ4v) is 1.92. The zero-order chi connectivity index (χ0) is 9.26. The summed E-state index contributed by atoms with van der Waals surface area (Å²) in [4.78, 5) is 2.27. The molecule has 0 fully saturated rings. The maximum atomic E-state index is 9.08. The Labute approximate surface area is 78.8 Å². The fourth-order valence-electron chi connectivity index (χ4n) is 1.92. The number of fused-ring (bicyclic) bond motifs is 1. The highest BCUT2D eigenvalue weighted by Crippen LogP contribution is 2.28. The lowest BCUT2D eigenvalue weighted by Gasteiger charge is -2.25. The monoisotopic (exact) mass is 177 g/mol. The van der Waals surface area contributed by atoms with E-state index in [0.717, 1.165) is 13.0 Å². The highest BCUT2D eigenvalue weighted by atomic mass is 16.3. The first-order valence-corrected chi connectivity index (χ1v) is 4.78. The van der Waals surface area contributed by atoms with Crippen molar-refractivity contribution < 1.29 is 5.11 Å². The standard InChI is InChI=1S/C11H15NO/c1-9(8-13)12-7-6-10-4-2-3-5-11(10)12/h2-5,9,13H,6-8H2,1H3. The van der Waals surface area contributed by atoms with E-state index >= 15 is 0 Å². The Morgan fingerprint density at radius 1 is 1.46 bits per heavy atom. The summed E-state index contributed by atoms with van der Waals surface area (Å²) >= 11 is 0. The van der Waals surface area contributed by atoms with Crippen LogP contribution in [0, 0.1) is 0 Å². The minimum Gasteiger partial charge on any atom is -0.394 e. The van der Waals surface area contributed by atoms with Gasteiger partial charge in [-0.15, -0.1) is 0 Å². The highest BCUT2D eigenvalue weighted by molar-refractivity contribution is 5.58. The number of anilines is 1. The molecule has 1 aromatic rings. The van der Waals surface area contributed by atoms with E-state index in [1.54, 1.807) is 0 Å². The molecule has 0 saturated heterocycles. The molecule has 0 bridgehead atoms. The van der Waals surface area contributed by atoms with Crippen molar-refractivity contribution in [2.45, 2.75) is 19.4 Å². The first-order chi connectivity index (χ1) is 6.33. The van der Waals surface area contributed by atoms with E-state index in [0.29, 0.717) is 0 Å². The molecular formula is C11H15NO. The summed E-state index contributed by atoms with van der Waals surface area (Å²) in [5.74, 6) is 0. The molecule has 0 radical (unpaired) electrons. The molecular weight excluding hydrogens is 162 g/mol. The summed E-state index contributed by atoms with van der Waals surface area (Å²) < 4.78 is 0. The number of hydrogen-bond acceptors (Lipinski definition) is 2. The lowest BCUT2D eigenvalue weighted by Crippen LogP contribution is -2.33. The number of aliphatic hydroxyl groups excluding tert-OH is 1. The quantitative estimate of drug-likeness (QED) is 0.738. The average Bonchev–Trinajstić information content (AvgIpc) is 2.60. The van der Waals surface area contributed by atoms with Gasteiger partial charge in [0.05, 0.1) is 6.61 Å². The molecule has 0 saturated carbocycles. The number of benzene rings is 1. The molecule has 1 aliphatic rings. The third-order valence-corrected chi connectivity index (χ3v) is 2.72. The first-order valence-electron chi connectivity index (χ1n) is 4.78. The van der Waals surface area contributed by atoms with Gasteiger partial charge in [0, 0.05) is 18.3 Å². The maximum Gasteiger partial charge on any atom is 0.0632 e. The summed E-state index contributed by atoms with van der Waals surface area (Å²) in [6.45, 7) is 3.33. The molecule has 13 heavy (non-hydrogen) atoms. The van der Waals surface area contributed by atoms with E-state index in [1.807, 2.05) is 0 Å². The van der Waals surface area contributed by atoms with Crippen LogP contribution in [0.3, 0.4) is 0 Å². The molecule has 0 amide bonds. The Kier molecular flexibility index (Phi) is 2.23. The maximum absolute atomic E-state index is 9.08. The van der Waals surface area contributed by atoms with Gasteiger partial charge < -0.3 is 10.0 Å². The minimum atomic E-state index is 0.230. The van der Waals surface area contributed by atoms with Gasteiger partial charge >= 0.3 is 0 Å². The molecule has 1 aromatic carbocycles. The Morgan fingerprint density at radius 3 is 3.00 bits per heavy atom. The SMILES string of the molecule is CC(CO)N1CCc2ccccc21. The molecule has 1 unspecified atom stereocenters. The molecule has 0 aromatic heterocycles. The Hall–Kier alpha value is -1.02. The number of rotatable bonds is 2. The normalized spacial score (nSPS) is 17.2. The van der Waals surface area contributed by atoms with Gasteiger partial charge in [0.2, 0.25) is 0 Å².